The van der Waals surface area contributed by atoms with Crippen LogP contribution in [0.4, 0.5) is 11.6 Å². The Kier molecular flexibility index (Phi) is 3.93. The van der Waals surface area contributed by atoms with E-state index in [9.17, 15) is 4.21 Å². The predicted molar refractivity (Wildman–Crippen MR) is 70.5 cm³/mol. The molecule has 0 saturated heterocycles. The predicted octanol–water partition coefficient (Wildman–Crippen LogP) is 1.12. The number of hydrogen-bond acceptors (Lipinski definition) is 5. The highest BCUT2D eigenvalue weighted by molar-refractivity contribution is 7.84. The molecule has 1 aliphatic carbocycles. The van der Waals surface area contributed by atoms with Crippen molar-refractivity contribution in [3.63, 3.8) is 0 Å². The molecule has 17 heavy (non-hydrogen) atoms. The lowest BCUT2D eigenvalue weighted by Crippen LogP contribution is -2.09. The summed E-state index contributed by atoms with van der Waals surface area (Å²) in [5, 5.41) is 3.20. The molecule has 0 spiro atoms. The molecule has 1 saturated carbocycles. The summed E-state index contributed by atoms with van der Waals surface area (Å²) in [7, 11) is -0.727. The number of aromatic nitrogens is 2. The van der Waals surface area contributed by atoms with Crippen LogP contribution < -0.4 is 11.1 Å². The molecular formula is C11H18N4OS. The third-order valence-corrected chi connectivity index (χ3v) is 3.48. The van der Waals surface area contributed by atoms with Crippen LogP contribution in [0.15, 0.2) is 6.07 Å². The fourth-order valence-electron chi connectivity index (χ4n) is 1.59. The van der Waals surface area contributed by atoms with Gasteiger partial charge in [-0.05, 0) is 19.3 Å². The third-order valence-electron chi connectivity index (χ3n) is 2.62. The van der Waals surface area contributed by atoms with Gasteiger partial charge >= 0.3 is 0 Å². The maximum Gasteiger partial charge on any atom is 0.136 e. The van der Waals surface area contributed by atoms with E-state index < -0.39 is 10.8 Å². The molecule has 6 heteroatoms. The first-order valence-corrected chi connectivity index (χ1v) is 7.56. The second-order valence-corrected chi connectivity index (χ2v) is 5.92. The molecule has 2 rings (SSSR count). The van der Waals surface area contributed by atoms with Crippen LogP contribution in [-0.4, -0.2) is 32.7 Å². The quantitative estimate of drug-likeness (QED) is 0.743. The molecule has 0 amide bonds. The van der Waals surface area contributed by atoms with E-state index >= 15 is 0 Å². The molecule has 1 aromatic heterocycles. The average Bonchev–Trinajstić information content (AvgIpc) is 3.07. The zero-order chi connectivity index (χ0) is 12.3. The summed E-state index contributed by atoms with van der Waals surface area (Å²) >= 11 is 0. The summed E-state index contributed by atoms with van der Waals surface area (Å²) in [6.07, 6.45) is 4.91. The van der Waals surface area contributed by atoms with Crippen LogP contribution in [0, 0.1) is 0 Å². The zero-order valence-electron chi connectivity index (χ0n) is 9.98. The Morgan fingerprint density at radius 2 is 2.29 bits per heavy atom. The van der Waals surface area contributed by atoms with Gasteiger partial charge in [0, 0.05) is 41.3 Å². The van der Waals surface area contributed by atoms with Crippen LogP contribution in [0.3, 0.4) is 0 Å². The number of anilines is 2. The second kappa shape index (κ2) is 5.44. The van der Waals surface area contributed by atoms with Crippen molar-refractivity contribution in [2.75, 3.05) is 29.6 Å². The van der Waals surface area contributed by atoms with Crippen LogP contribution >= 0.6 is 0 Å². The van der Waals surface area contributed by atoms with Gasteiger partial charge in [0.15, 0.2) is 0 Å². The number of nitrogen functional groups attached to an aromatic ring is 1. The van der Waals surface area contributed by atoms with Gasteiger partial charge in [-0.25, -0.2) is 9.97 Å². The van der Waals surface area contributed by atoms with Crippen molar-refractivity contribution in [2.45, 2.75) is 25.2 Å². The van der Waals surface area contributed by atoms with E-state index in [1.807, 2.05) is 0 Å². The molecule has 0 radical (unpaired) electrons. The van der Waals surface area contributed by atoms with Crippen LogP contribution in [0.2, 0.25) is 0 Å². The molecule has 0 bridgehead atoms. The fraction of sp³-hybridized carbons (Fsp3) is 0.636. The monoisotopic (exact) mass is 254 g/mol. The van der Waals surface area contributed by atoms with Crippen molar-refractivity contribution in [3.8, 4) is 0 Å². The minimum absolute atomic E-state index is 0.502. The van der Waals surface area contributed by atoms with E-state index in [2.05, 4.69) is 15.3 Å². The lowest BCUT2D eigenvalue weighted by atomic mass is 10.3. The molecular weight excluding hydrogens is 236 g/mol. The van der Waals surface area contributed by atoms with E-state index in [-0.39, 0.29) is 0 Å². The molecule has 1 unspecified atom stereocenters. The van der Waals surface area contributed by atoms with Gasteiger partial charge in [0.2, 0.25) is 0 Å². The highest BCUT2D eigenvalue weighted by atomic mass is 32.2. The Labute approximate surface area is 104 Å². The van der Waals surface area contributed by atoms with E-state index in [4.69, 9.17) is 5.73 Å². The van der Waals surface area contributed by atoms with E-state index in [0.29, 0.717) is 17.5 Å². The SMILES string of the molecule is CS(=O)CCCNc1cc(N)nc(C2CC2)n1. The standard InChI is InChI=1S/C11H18N4OS/c1-17(16)6-2-5-13-10-7-9(12)14-11(15-10)8-3-4-8/h7-8H,2-6H2,1H3,(H3,12,13,14,15). The number of hydrogen-bond donors (Lipinski definition) is 2. The minimum atomic E-state index is -0.727. The Balaban J connectivity index is 1.89. The van der Waals surface area contributed by atoms with Gasteiger partial charge < -0.3 is 11.1 Å². The molecule has 5 nitrogen and oxygen atoms in total. The van der Waals surface area contributed by atoms with Crippen LogP contribution in [0.5, 0.6) is 0 Å². The van der Waals surface area contributed by atoms with Crippen LogP contribution in [-0.2, 0) is 10.8 Å². The number of nitrogens with two attached hydrogens (primary N) is 1. The van der Waals surface area contributed by atoms with Crippen LogP contribution in [0.1, 0.15) is 31.0 Å². The third kappa shape index (κ3) is 3.96. The summed E-state index contributed by atoms with van der Waals surface area (Å²) in [6.45, 7) is 0.764. The summed E-state index contributed by atoms with van der Waals surface area (Å²) in [5.74, 6) is 3.36. The van der Waals surface area contributed by atoms with Gasteiger partial charge in [0.05, 0.1) is 0 Å². The number of rotatable bonds is 6. The summed E-state index contributed by atoms with van der Waals surface area (Å²) in [5.41, 5.74) is 5.74. The maximum absolute atomic E-state index is 10.9. The van der Waals surface area contributed by atoms with Gasteiger partial charge in [0.25, 0.3) is 0 Å². The van der Waals surface area contributed by atoms with Gasteiger partial charge in [-0.15, -0.1) is 0 Å². The average molecular weight is 254 g/mol. The van der Waals surface area contributed by atoms with Crippen molar-refractivity contribution < 1.29 is 4.21 Å². The normalized spacial score (nSPS) is 16.8. The molecule has 1 fully saturated rings. The topological polar surface area (TPSA) is 80.9 Å². The van der Waals surface area contributed by atoms with Gasteiger partial charge in [0.1, 0.15) is 17.5 Å². The molecule has 94 valence electrons. The molecule has 3 N–H and O–H groups in total. The lowest BCUT2D eigenvalue weighted by molar-refractivity contribution is 0.685. The summed E-state index contributed by atoms with van der Waals surface area (Å²) in [6, 6.07) is 1.74. The van der Waals surface area contributed by atoms with Gasteiger partial charge in [-0.3, -0.25) is 4.21 Å². The molecule has 1 aliphatic rings. The zero-order valence-corrected chi connectivity index (χ0v) is 10.8. The smallest absolute Gasteiger partial charge is 0.136 e. The molecule has 0 aliphatic heterocycles. The van der Waals surface area contributed by atoms with Crippen molar-refractivity contribution in [3.05, 3.63) is 11.9 Å². The Morgan fingerprint density at radius 3 is 2.94 bits per heavy atom. The van der Waals surface area contributed by atoms with Crippen molar-refractivity contribution >= 4 is 22.4 Å². The van der Waals surface area contributed by atoms with E-state index in [0.717, 1.165) is 37.4 Å². The largest absolute Gasteiger partial charge is 0.384 e. The van der Waals surface area contributed by atoms with E-state index in [1.54, 1.807) is 12.3 Å². The molecule has 1 heterocycles. The highest BCUT2D eigenvalue weighted by Crippen LogP contribution is 2.38. The summed E-state index contributed by atoms with van der Waals surface area (Å²) in [4.78, 5) is 8.66. The Hall–Kier alpha value is -1.17. The first-order chi connectivity index (χ1) is 8.15. The number of nitrogens with one attached hydrogen (secondary N) is 1. The Bertz CT molecular complexity index is 420. The molecule has 1 atom stereocenters. The Morgan fingerprint density at radius 1 is 1.53 bits per heavy atom. The lowest BCUT2D eigenvalue weighted by Gasteiger charge is -2.07. The highest BCUT2D eigenvalue weighted by Gasteiger charge is 2.27. The molecule has 1 aromatic rings. The van der Waals surface area contributed by atoms with Crippen molar-refractivity contribution in [2.24, 2.45) is 0 Å². The van der Waals surface area contributed by atoms with Crippen LogP contribution in [0.25, 0.3) is 0 Å². The van der Waals surface area contributed by atoms with Crippen molar-refractivity contribution in [1.29, 1.82) is 0 Å². The van der Waals surface area contributed by atoms with Gasteiger partial charge in [-0.1, -0.05) is 0 Å². The fourth-order valence-corrected chi connectivity index (χ4v) is 2.14. The van der Waals surface area contributed by atoms with E-state index in [1.165, 1.54) is 0 Å². The minimum Gasteiger partial charge on any atom is -0.384 e. The van der Waals surface area contributed by atoms with Crippen molar-refractivity contribution in [1.82, 2.24) is 9.97 Å². The molecule has 0 aromatic carbocycles. The second-order valence-electron chi connectivity index (χ2n) is 4.37. The summed E-state index contributed by atoms with van der Waals surface area (Å²) < 4.78 is 10.9. The maximum atomic E-state index is 10.9. The first kappa shape index (κ1) is 12.3. The first-order valence-electron chi connectivity index (χ1n) is 5.83. The van der Waals surface area contributed by atoms with Gasteiger partial charge in [-0.2, -0.15) is 0 Å². The number of nitrogens with zero attached hydrogens (tertiary/aromatic N) is 2.